The molecule has 0 amide bonds. The first-order valence-electron chi connectivity index (χ1n) is 5.42. The number of aliphatic hydroxyl groups is 1. The lowest BCUT2D eigenvalue weighted by Crippen LogP contribution is -2.34. The summed E-state index contributed by atoms with van der Waals surface area (Å²) in [5, 5.41) is 9.02. The smallest absolute Gasteiger partial charge is 0.228 e. The van der Waals surface area contributed by atoms with E-state index in [-0.39, 0.29) is 6.61 Å². The molecule has 0 aromatic heterocycles. The largest absolute Gasteiger partial charge is 0.394 e. The molecule has 4 atom stereocenters. The summed E-state index contributed by atoms with van der Waals surface area (Å²) in [5.74, 6) is -0.698. The summed E-state index contributed by atoms with van der Waals surface area (Å²) < 4.78 is 29.6. The highest BCUT2D eigenvalue weighted by Crippen LogP contribution is 2.42. The lowest BCUT2D eigenvalue weighted by Gasteiger charge is -2.27. The van der Waals surface area contributed by atoms with Gasteiger partial charge < -0.3 is 19.3 Å². The van der Waals surface area contributed by atoms with E-state index in [4.69, 9.17) is 19.3 Å². The Balaban J connectivity index is 2.13. The van der Waals surface area contributed by atoms with E-state index in [0.717, 1.165) is 0 Å². The molecule has 2 saturated heterocycles. The maximum absolute atomic E-state index is 13.4. The SMILES string of the molecule is CCC1(CC)O[C@@H]2[C@@H](CO)OC(F)[C@@H]2O1. The zero-order chi connectivity index (χ0) is 11.1. The quantitative estimate of drug-likeness (QED) is 0.770. The molecule has 4 nitrogen and oxygen atoms in total. The van der Waals surface area contributed by atoms with Crippen LogP contribution in [0.4, 0.5) is 4.39 Å². The van der Waals surface area contributed by atoms with E-state index in [2.05, 4.69) is 0 Å². The first-order valence-corrected chi connectivity index (χ1v) is 5.42. The lowest BCUT2D eigenvalue weighted by molar-refractivity contribution is -0.228. The van der Waals surface area contributed by atoms with Gasteiger partial charge in [0.25, 0.3) is 0 Å². The van der Waals surface area contributed by atoms with Gasteiger partial charge in [0.05, 0.1) is 6.61 Å². The Morgan fingerprint density at radius 2 is 1.80 bits per heavy atom. The molecule has 0 radical (unpaired) electrons. The number of fused-ring (bicyclic) bond motifs is 1. The second-order valence-electron chi connectivity index (χ2n) is 3.99. The van der Waals surface area contributed by atoms with E-state index < -0.39 is 30.5 Å². The van der Waals surface area contributed by atoms with E-state index in [0.29, 0.717) is 12.8 Å². The Labute approximate surface area is 88.3 Å². The van der Waals surface area contributed by atoms with Gasteiger partial charge in [0.2, 0.25) is 6.36 Å². The maximum atomic E-state index is 13.4. The Hall–Kier alpha value is -0.230. The second-order valence-corrected chi connectivity index (χ2v) is 3.99. The molecule has 0 aromatic carbocycles. The van der Waals surface area contributed by atoms with E-state index in [1.54, 1.807) is 0 Å². The average Bonchev–Trinajstić information content (AvgIpc) is 2.77. The fourth-order valence-corrected chi connectivity index (χ4v) is 2.20. The molecule has 0 bridgehead atoms. The van der Waals surface area contributed by atoms with Gasteiger partial charge in [-0.15, -0.1) is 0 Å². The van der Waals surface area contributed by atoms with Gasteiger partial charge >= 0.3 is 0 Å². The van der Waals surface area contributed by atoms with Crippen molar-refractivity contribution < 1.29 is 23.7 Å². The van der Waals surface area contributed by atoms with Crippen LogP contribution in [-0.4, -0.2) is 42.2 Å². The van der Waals surface area contributed by atoms with E-state index in [1.807, 2.05) is 13.8 Å². The van der Waals surface area contributed by atoms with Gasteiger partial charge in [0.1, 0.15) is 18.3 Å². The number of ether oxygens (including phenoxy) is 3. The molecule has 2 heterocycles. The van der Waals surface area contributed by atoms with Gasteiger partial charge in [0, 0.05) is 0 Å². The van der Waals surface area contributed by atoms with Gasteiger partial charge in [-0.05, 0) is 12.8 Å². The molecular weight excluding hydrogens is 203 g/mol. The van der Waals surface area contributed by atoms with E-state index in [9.17, 15) is 4.39 Å². The minimum atomic E-state index is -1.49. The third kappa shape index (κ3) is 1.67. The lowest BCUT2D eigenvalue weighted by atomic mass is 10.1. The van der Waals surface area contributed by atoms with Crippen LogP contribution < -0.4 is 0 Å². The van der Waals surface area contributed by atoms with Crippen LogP contribution in [-0.2, 0) is 14.2 Å². The predicted molar refractivity (Wildman–Crippen MR) is 49.9 cm³/mol. The molecule has 1 unspecified atom stereocenters. The van der Waals surface area contributed by atoms with Crippen molar-refractivity contribution in [3.63, 3.8) is 0 Å². The molecular formula is C10H17FO4. The van der Waals surface area contributed by atoms with Crippen LogP contribution in [0.1, 0.15) is 26.7 Å². The number of rotatable bonds is 3. The predicted octanol–water partition coefficient (Wildman–Crippen LogP) is 0.973. The number of aliphatic hydroxyl groups excluding tert-OH is 1. The summed E-state index contributed by atoms with van der Waals surface area (Å²) in [4.78, 5) is 0. The van der Waals surface area contributed by atoms with Gasteiger partial charge in [0.15, 0.2) is 5.79 Å². The zero-order valence-electron chi connectivity index (χ0n) is 8.98. The van der Waals surface area contributed by atoms with Crippen LogP contribution in [0, 0.1) is 0 Å². The van der Waals surface area contributed by atoms with Crippen LogP contribution in [0.5, 0.6) is 0 Å². The molecule has 0 spiro atoms. The Kier molecular flexibility index (Phi) is 2.98. The first-order chi connectivity index (χ1) is 7.15. The van der Waals surface area contributed by atoms with Gasteiger partial charge in [-0.25, -0.2) is 4.39 Å². The number of hydrogen-bond acceptors (Lipinski definition) is 4. The van der Waals surface area contributed by atoms with Crippen molar-refractivity contribution in [3.05, 3.63) is 0 Å². The summed E-state index contributed by atoms with van der Waals surface area (Å²) in [6.07, 6.45) is -1.94. The van der Waals surface area contributed by atoms with E-state index >= 15 is 0 Å². The summed E-state index contributed by atoms with van der Waals surface area (Å²) in [5.41, 5.74) is 0. The fourth-order valence-electron chi connectivity index (χ4n) is 2.20. The highest BCUT2D eigenvalue weighted by atomic mass is 19.1. The molecule has 2 aliphatic heterocycles. The van der Waals surface area contributed by atoms with Gasteiger partial charge in [-0.2, -0.15) is 0 Å². The van der Waals surface area contributed by atoms with Crippen LogP contribution in [0.15, 0.2) is 0 Å². The highest BCUT2D eigenvalue weighted by Gasteiger charge is 2.57. The van der Waals surface area contributed by atoms with Crippen LogP contribution in [0.25, 0.3) is 0 Å². The monoisotopic (exact) mass is 220 g/mol. The Morgan fingerprint density at radius 3 is 2.33 bits per heavy atom. The fraction of sp³-hybridized carbons (Fsp3) is 1.00. The van der Waals surface area contributed by atoms with Crippen molar-refractivity contribution in [3.8, 4) is 0 Å². The Bertz CT molecular complexity index is 231. The van der Waals surface area contributed by atoms with Crippen molar-refractivity contribution >= 4 is 0 Å². The van der Waals surface area contributed by atoms with Crippen molar-refractivity contribution in [2.75, 3.05) is 6.61 Å². The maximum Gasteiger partial charge on any atom is 0.228 e. The number of hydrogen-bond donors (Lipinski definition) is 1. The standard InChI is InChI=1S/C10H17FO4/c1-3-10(4-2)14-7-6(5-12)13-9(11)8(7)15-10/h6-9,12H,3-5H2,1-2H3/t6-,7-,8-,9?/m1/s1. The van der Waals surface area contributed by atoms with Gasteiger partial charge in [-0.1, -0.05) is 13.8 Å². The summed E-state index contributed by atoms with van der Waals surface area (Å²) in [6.45, 7) is 3.63. The third-order valence-corrected chi connectivity index (χ3v) is 3.21. The van der Waals surface area contributed by atoms with Crippen LogP contribution in [0.3, 0.4) is 0 Å². The van der Waals surface area contributed by atoms with Crippen LogP contribution in [0.2, 0.25) is 0 Å². The van der Waals surface area contributed by atoms with Crippen LogP contribution >= 0.6 is 0 Å². The van der Waals surface area contributed by atoms with Crippen molar-refractivity contribution in [1.29, 1.82) is 0 Å². The van der Waals surface area contributed by atoms with Crippen molar-refractivity contribution in [1.82, 2.24) is 0 Å². The zero-order valence-corrected chi connectivity index (χ0v) is 8.98. The molecule has 0 aliphatic carbocycles. The first kappa shape index (κ1) is 11.3. The Morgan fingerprint density at radius 1 is 1.20 bits per heavy atom. The molecule has 5 heteroatoms. The molecule has 2 rings (SSSR count). The minimum Gasteiger partial charge on any atom is -0.394 e. The molecule has 1 N–H and O–H groups in total. The molecule has 0 aromatic rings. The summed E-state index contributed by atoms with van der Waals surface area (Å²) >= 11 is 0. The minimum absolute atomic E-state index is 0.242. The van der Waals surface area contributed by atoms with E-state index in [1.165, 1.54) is 0 Å². The average molecular weight is 220 g/mol. The van der Waals surface area contributed by atoms with Crippen molar-refractivity contribution in [2.24, 2.45) is 0 Å². The number of halogens is 1. The molecule has 0 saturated carbocycles. The normalized spacial score (nSPS) is 43.2. The topological polar surface area (TPSA) is 47.9 Å². The molecule has 2 aliphatic rings. The van der Waals surface area contributed by atoms with Crippen molar-refractivity contribution in [2.45, 2.75) is 57.1 Å². The number of alkyl halides is 1. The highest BCUT2D eigenvalue weighted by molar-refractivity contribution is 4.95. The second kappa shape index (κ2) is 3.97. The molecule has 2 fully saturated rings. The summed E-state index contributed by atoms with van der Waals surface area (Å²) in [7, 11) is 0. The molecule has 88 valence electrons. The molecule has 15 heavy (non-hydrogen) atoms. The summed E-state index contributed by atoms with van der Waals surface area (Å²) in [6, 6.07) is 0. The third-order valence-electron chi connectivity index (χ3n) is 3.21. The van der Waals surface area contributed by atoms with Gasteiger partial charge in [-0.3, -0.25) is 0 Å².